The second-order valence-electron chi connectivity index (χ2n) is 5.66. The summed E-state index contributed by atoms with van der Waals surface area (Å²) in [5, 5.41) is 16.1. The molecule has 0 aliphatic rings. The number of carbonyl (C=O) groups is 2. The van der Waals surface area contributed by atoms with Crippen LogP contribution in [0.4, 0.5) is 25.7 Å². The van der Waals surface area contributed by atoms with Crippen LogP contribution in [0, 0.1) is 12.7 Å². The molecule has 1 aromatic heterocycles. The summed E-state index contributed by atoms with van der Waals surface area (Å²) in [4.78, 5) is 23.9. The van der Waals surface area contributed by atoms with Crippen LogP contribution in [0.3, 0.4) is 0 Å². The Morgan fingerprint density at radius 3 is 2.32 bits per heavy atom. The number of thioether (sulfide) groups is 1. The monoisotopic (exact) mass is 417 g/mol. The lowest BCUT2D eigenvalue weighted by atomic mass is 10.2. The van der Waals surface area contributed by atoms with Crippen molar-refractivity contribution in [3.63, 3.8) is 0 Å². The van der Waals surface area contributed by atoms with Crippen molar-refractivity contribution in [2.75, 3.05) is 21.7 Å². The molecule has 0 unspecified atom stereocenters. The summed E-state index contributed by atoms with van der Waals surface area (Å²) >= 11 is 2.36. The van der Waals surface area contributed by atoms with Crippen LogP contribution in [0.5, 0.6) is 0 Å². The molecule has 10 heteroatoms. The fourth-order valence-corrected chi connectivity index (χ4v) is 3.62. The first-order valence-electron chi connectivity index (χ1n) is 8.14. The molecular weight excluding hydrogens is 401 g/mol. The summed E-state index contributed by atoms with van der Waals surface area (Å²) < 4.78 is 13.4. The molecule has 3 N–H and O–H groups in total. The summed E-state index contributed by atoms with van der Waals surface area (Å²) in [5.41, 5.74) is 2.28. The van der Waals surface area contributed by atoms with Gasteiger partial charge in [0, 0.05) is 11.4 Å². The number of rotatable bonds is 6. The van der Waals surface area contributed by atoms with Gasteiger partial charge >= 0.3 is 6.03 Å². The average Bonchev–Trinajstić information content (AvgIpc) is 3.11. The number of aryl methyl sites for hydroxylation is 1. The first-order valence-corrected chi connectivity index (χ1v) is 9.94. The molecule has 28 heavy (non-hydrogen) atoms. The van der Waals surface area contributed by atoms with Crippen molar-refractivity contribution in [1.82, 2.24) is 10.2 Å². The zero-order valence-corrected chi connectivity index (χ0v) is 16.4. The van der Waals surface area contributed by atoms with Gasteiger partial charge in [0.05, 0.1) is 5.75 Å². The maximum atomic E-state index is 12.9. The Balaban J connectivity index is 1.45. The van der Waals surface area contributed by atoms with Gasteiger partial charge in [-0.15, -0.1) is 10.2 Å². The number of benzene rings is 2. The molecule has 0 saturated heterocycles. The maximum absolute atomic E-state index is 12.9. The van der Waals surface area contributed by atoms with Gasteiger partial charge in [-0.05, 0) is 43.3 Å². The molecule has 3 amide bonds. The van der Waals surface area contributed by atoms with Crippen LogP contribution in [-0.4, -0.2) is 27.9 Å². The van der Waals surface area contributed by atoms with Gasteiger partial charge in [-0.3, -0.25) is 10.1 Å². The number of urea groups is 1. The molecule has 3 aromatic rings. The van der Waals surface area contributed by atoms with E-state index in [0.29, 0.717) is 20.8 Å². The number of anilines is 3. The number of hydrogen-bond acceptors (Lipinski definition) is 6. The van der Waals surface area contributed by atoms with Crippen molar-refractivity contribution in [2.24, 2.45) is 0 Å². The van der Waals surface area contributed by atoms with Crippen molar-refractivity contribution in [2.45, 2.75) is 11.3 Å². The molecule has 0 aliphatic heterocycles. The van der Waals surface area contributed by atoms with E-state index in [9.17, 15) is 14.0 Å². The first-order chi connectivity index (χ1) is 13.5. The van der Waals surface area contributed by atoms with Crippen LogP contribution in [-0.2, 0) is 4.79 Å². The number of aromatic nitrogens is 2. The number of amides is 3. The lowest BCUT2D eigenvalue weighted by Crippen LogP contribution is -2.19. The van der Waals surface area contributed by atoms with Crippen LogP contribution in [0.1, 0.15) is 5.56 Å². The van der Waals surface area contributed by atoms with Gasteiger partial charge < -0.3 is 10.6 Å². The Labute approximate surface area is 168 Å². The van der Waals surface area contributed by atoms with E-state index in [-0.39, 0.29) is 17.5 Å². The molecule has 3 rings (SSSR count). The molecular formula is C18H16FN5O2S2. The minimum atomic E-state index is -0.425. The first kappa shape index (κ1) is 19.8. The van der Waals surface area contributed by atoms with Gasteiger partial charge in [0.25, 0.3) is 0 Å². The maximum Gasteiger partial charge on any atom is 0.325 e. The number of hydrogen-bond donors (Lipinski definition) is 3. The van der Waals surface area contributed by atoms with Gasteiger partial charge in [-0.25, -0.2) is 9.18 Å². The highest BCUT2D eigenvalue weighted by atomic mass is 32.2. The Morgan fingerprint density at radius 2 is 1.61 bits per heavy atom. The van der Waals surface area contributed by atoms with Crippen molar-refractivity contribution in [3.8, 4) is 0 Å². The number of nitrogens with zero attached hydrogens (tertiary/aromatic N) is 2. The average molecular weight is 417 g/mol. The van der Waals surface area contributed by atoms with Crippen molar-refractivity contribution in [3.05, 3.63) is 59.9 Å². The lowest BCUT2D eigenvalue weighted by molar-refractivity contribution is -0.113. The van der Waals surface area contributed by atoms with E-state index >= 15 is 0 Å². The van der Waals surface area contributed by atoms with E-state index in [1.54, 1.807) is 12.1 Å². The predicted molar refractivity (Wildman–Crippen MR) is 109 cm³/mol. The van der Waals surface area contributed by atoms with Crippen LogP contribution in [0.25, 0.3) is 0 Å². The molecule has 7 nitrogen and oxygen atoms in total. The SMILES string of the molecule is Cc1ccc(NC(=O)Nc2nnc(SCC(=O)Nc3ccc(F)cc3)s2)cc1. The largest absolute Gasteiger partial charge is 0.325 e. The van der Waals surface area contributed by atoms with E-state index < -0.39 is 6.03 Å². The number of halogens is 1. The van der Waals surface area contributed by atoms with Crippen molar-refractivity contribution in [1.29, 1.82) is 0 Å². The molecule has 0 radical (unpaired) electrons. The molecule has 0 bridgehead atoms. The van der Waals surface area contributed by atoms with Gasteiger partial charge in [0.2, 0.25) is 11.0 Å². The molecule has 0 fully saturated rings. The Kier molecular flexibility index (Phi) is 6.56. The number of nitrogens with one attached hydrogen (secondary N) is 3. The zero-order valence-electron chi connectivity index (χ0n) is 14.7. The second-order valence-corrected chi connectivity index (χ2v) is 7.86. The van der Waals surface area contributed by atoms with Gasteiger partial charge in [-0.2, -0.15) is 0 Å². The number of carbonyl (C=O) groups excluding carboxylic acids is 2. The highest BCUT2D eigenvalue weighted by Crippen LogP contribution is 2.25. The van der Waals surface area contributed by atoms with Crippen molar-refractivity contribution < 1.29 is 14.0 Å². The Morgan fingerprint density at radius 1 is 0.964 bits per heavy atom. The fraction of sp³-hybridized carbons (Fsp3) is 0.111. The summed E-state index contributed by atoms with van der Waals surface area (Å²) in [6.07, 6.45) is 0. The van der Waals surface area contributed by atoms with Gasteiger partial charge in [-0.1, -0.05) is 40.8 Å². The minimum absolute atomic E-state index is 0.113. The lowest BCUT2D eigenvalue weighted by Gasteiger charge is -2.05. The predicted octanol–water partition coefficient (Wildman–Crippen LogP) is 4.36. The molecule has 0 aliphatic carbocycles. The molecule has 0 atom stereocenters. The van der Waals surface area contributed by atoms with E-state index in [4.69, 9.17) is 0 Å². The summed E-state index contributed by atoms with van der Waals surface area (Å²) in [7, 11) is 0. The standard InChI is InChI=1S/C18H16FN5O2S2/c1-11-2-6-14(7-3-11)21-16(26)22-17-23-24-18(28-17)27-10-15(25)20-13-8-4-12(19)5-9-13/h2-9H,10H2,1H3,(H,20,25)(H2,21,22,23,26). The Bertz CT molecular complexity index is 961. The van der Waals surface area contributed by atoms with Crippen molar-refractivity contribution >= 4 is 51.5 Å². The van der Waals surface area contributed by atoms with Gasteiger partial charge in [0.15, 0.2) is 4.34 Å². The van der Waals surface area contributed by atoms with Gasteiger partial charge in [0.1, 0.15) is 5.82 Å². The topological polar surface area (TPSA) is 96.0 Å². The van der Waals surface area contributed by atoms with E-state index in [1.165, 1.54) is 36.0 Å². The third-order valence-electron chi connectivity index (χ3n) is 3.39. The minimum Gasteiger partial charge on any atom is -0.325 e. The van der Waals surface area contributed by atoms with E-state index in [0.717, 1.165) is 16.9 Å². The molecule has 0 spiro atoms. The second kappa shape index (κ2) is 9.29. The Hall–Kier alpha value is -2.98. The van der Waals surface area contributed by atoms with E-state index in [1.807, 2.05) is 19.1 Å². The fourth-order valence-electron chi connectivity index (χ4n) is 2.07. The summed E-state index contributed by atoms with van der Waals surface area (Å²) in [5.74, 6) is -0.507. The highest BCUT2D eigenvalue weighted by Gasteiger charge is 2.11. The molecule has 0 saturated carbocycles. The zero-order chi connectivity index (χ0) is 19.9. The normalized spacial score (nSPS) is 10.4. The smallest absolute Gasteiger partial charge is 0.325 e. The quantitative estimate of drug-likeness (QED) is 0.409. The molecule has 1 heterocycles. The van der Waals surface area contributed by atoms with E-state index in [2.05, 4.69) is 26.1 Å². The summed E-state index contributed by atoms with van der Waals surface area (Å²) in [6.45, 7) is 1.96. The highest BCUT2D eigenvalue weighted by molar-refractivity contribution is 8.01. The van der Waals surface area contributed by atoms with Crippen LogP contribution < -0.4 is 16.0 Å². The third-order valence-corrected chi connectivity index (χ3v) is 5.36. The van der Waals surface area contributed by atoms with Crippen LogP contribution >= 0.6 is 23.1 Å². The summed E-state index contributed by atoms with van der Waals surface area (Å²) in [6, 6.07) is 12.5. The third kappa shape index (κ3) is 6.03. The van der Waals surface area contributed by atoms with Crippen LogP contribution in [0.2, 0.25) is 0 Å². The van der Waals surface area contributed by atoms with Crippen LogP contribution in [0.15, 0.2) is 52.9 Å². The molecule has 144 valence electrons. The molecule has 2 aromatic carbocycles.